The molecule has 1 aromatic carbocycles. The summed E-state index contributed by atoms with van der Waals surface area (Å²) >= 11 is 0. The van der Waals surface area contributed by atoms with Crippen molar-refractivity contribution in [2.45, 2.75) is 142 Å². The average Bonchev–Trinajstić information content (AvgIpc) is 3.67. The Labute approximate surface area is 298 Å². The minimum atomic E-state index is -0.841. The third kappa shape index (κ3) is 4.08. The van der Waals surface area contributed by atoms with E-state index < -0.39 is 41.0 Å². The van der Waals surface area contributed by atoms with E-state index in [1.807, 2.05) is 26.0 Å². The predicted octanol–water partition coefficient (Wildman–Crippen LogP) is 8.48. The van der Waals surface area contributed by atoms with Crippen LogP contribution in [0.15, 0.2) is 48.1 Å². The topological polar surface area (TPSA) is 91.9 Å². The first-order valence-electron chi connectivity index (χ1n) is 19.0. The summed E-state index contributed by atoms with van der Waals surface area (Å²) in [5, 5.41) is 35.1. The van der Waals surface area contributed by atoms with Gasteiger partial charge in [0.15, 0.2) is 5.78 Å². The standard InChI is InChI=1S/C44H57NO5/c1-22(2)35-38(49)33-32-26(29-21-40(5,6)50-41(7,8)34(29)37(32)48)20-27-28-19-25-14-15-30-42(9,17-12-13-23(3)24(4)46)31(47)16-18-43(30,10)44(25,11)39(28)45(35)36(27)33/h12-13,17,20-21,24-25,30-31,34-35,37,46-48H,1,14-16,18-19H2,2-11H3/b17-12+,23-13+/t24?,25?,30-,31-,34?,35-,37+,42-,43-,44+/m0/s1. The molecule has 2 fully saturated rings. The van der Waals surface area contributed by atoms with Gasteiger partial charge in [0.2, 0.25) is 0 Å². The van der Waals surface area contributed by atoms with Gasteiger partial charge in [-0.05, 0) is 132 Å². The molecule has 10 atom stereocenters. The lowest BCUT2D eigenvalue weighted by Gasteiger charge is -2.64. The molecule has 2 aromatic rings. The highest BCUT2D eigenvalue weighted by atomic mass is 16.5. The number of Topliss-reactive ketones (excluding diaryl/α,β-unsaturated/α-hetero) is 1. The number of allylic oxidation sites excluding steroid dienone is 3. The van der Waals surface area contributed by atoms with Crippen molar-refractivity contribution in [2.24, 2.45) is 28.6 Å². The smallest absolute Gasteiger partial charge is 0.192 e. The zero-order chi connectivity index (χ0) is 36.2. The summed E-state index contributed by atoms with van der Waals surface area (Å²) in [4.78, 5) is 14.9. The van der Waals surface area contributed by atoms with Crippen LogP contribution in [0.1, 0.15) is 140 Å². The molecule has 3 unspecified atom stereocenters. The SMILES string of the molecule is C=C(C)[C@H]1C(=O)c2c3c(cc4c5c(n1c24)[C@@]1(C)C(CC[C@H]2[C@](C)(/C=C/C=C(\C)C(C)O)[C@@H](O)CC[C@@]21C)C5)C1=CC(C)(C)OC(C)(C)C1[C@@H]3O. The van der Waals surface area contributed by atoms with Gasteiger partial charge in [-0.1, -0.05) is 51.2 Å². The third-order valence-corrected chi connectivity index (χ3v) is 15.1. The van der Waals surface area contributed by atoms with Crippen LogP contribution in [0.3, 0.4) is 0 Å². The van der Waals surface area contributed by atoms with Crippen LogP contribution in [0.25, 0.3) is 16.5 Å². The number of ketones is 1. The number of carbonyl (C=O) groups excluding carboxylic acids is 1. The van der Waals surface area contributed by atoms with Crippen molar-refractivity contribution in [3.63, 3.8) is 0 Å². The molecular formula is C44H57NO5. The molecule has 8 rings (SSSR count). The Balaban J connectivity index is 1.36. The maximum Gasteiger partial charge on any atom is 0.192 e. The fourth-order valence-electron chi connectivity index (χ4n) is 12.7. The zero-order valence-electron chi connectivity index (χ0n) is 31.8. The molecule has 50 heavy (non-hydrogen) atoms. The highest BCUT2D eigenvalue weighted by molar-refractivity contribution is 6.18. The molecule has 1 aromatic heterocycles. The first kappa shape index (κ1) is 34.3. The number of aliphatic hydroxyl groups excluding tert-OH is 3. The van der Waals surface area contributed by atoms with Gasteiger partial charge in [-0.3, -0.25) is 4.79 Å². The molecule has 0 radical (unpaired) electrons. The van der Waals surface area contributed by atoms with Gasteiger partial charge >= 0.3 is 0 Å². The summed E-state index contributed by atoms with van der Waals surface area (Å²) in [7, 11) is 0. The Bertz CT molecular complexity index is 1970. The minimum absolute atomic E-state index is 0.0464. The lowest BCUT2D eigenvalue weighted by molar-refractivity contribution is -0.144. The Morgan fingerprint density at radius 3 is 2.44 bits per heavy atom. The van der Waals surface area contributed by atoms with E-state index in [9.17, 15) is 20.1 Å². The molecule has 6 aliphatic rings. The van der Waals surface area contributed by atoms with Crippen LogP contribution in [0.5, 0.6) is 0 Å². The molecule has 2 aliphatic heterocycles. The van der Waals surface area contributed by atoms with Crippen LogP contribution in [-0.4, -0.2) is 49.1 Å². The number of hydrogen-bond acceptors (Lipinski definition) is 5. The molecule has 6 heteroatoms. The second-order valence-corrected chi connectivity index (χ2v) is 18.8. The lowest BCUT2D eigenvalue weighted by Crippen LogP contribution is -2.62. The molecule has 0 saturated heterocycles. The molecule has 6 nitrogen and oxygen atoms in total. The molecule has 0 bridgehead atoms. The molecule has 0 amide bonds. The van der Waals surface area contributed by atoms with E-state index in [0.29, 0.717) is 17.9 Å². The van der Waals surface area contributed by atoms with Crippen LogP contribution in [0, 0.1) is 28.6 Å². The van der Waals surface area contributed by atoms with E-state index in [0.717, 1.165) is 64.4 Å². The number of rotatable bonds is 4. The van der Waals surface area contributed by atoms with Gasteiger partial charge in [-0.15, -0.1) is 0 Å². The molecule has 2 saturated carbocycles. The number of aromatic nitrogens is 1. The first-order chi connectivity index (χ1) is 23.2. The second-order valence-electron chi connectivity index (χ2n) is 18.8. The van der Waals surface area contributed by atoms with Gasteiger partial charge in [0.1, 0.15) is 6.04 Å². The van der Waals surface area contributed by atoms with E-state index in [1.54, 1.807) is 6.92 Å². The summed E-state index contributed by atoms with van der Waals surface area (Å²) in [6.45, 7) is 25.6. The van der Waals surface area contributed by atoms with Crippen molar-refractivity contribution in [3.8, 4) is 0 Å². The van der Waals surface area contributed by atoms with Crippen LogP contribution >= 0.6 is 0 Å². The summed E-state index contributed by atoms with van der Waals surface area (Å²) in [6.07, 6.45) is 11.3. The van der Waals surface area contributed by atoms with E-state index in [4.69, 9.17) is 4.74 Å². The van der Waals surface area contributed by atoms with E-state index in [2.05, 4.69) is 77.8 Å². The van der Waals surface area contributed by atoms with Gasteiger partial charge in [-0.25, -0.2) is 0 Å². The number of aliphatic hydroxyl groups is 3. The maximum atomic E-state index is 14.9. The number of hydrogen-bond donors (Lipinski definition) is 3. The quantitative estimate of drug-likeness (QED) is 0.223. The van der Waals surface area contributed by atoms with E-state index in [-0.39, 0.29) is 28.4 Å². The Hall–Kier alpha value is -2.77. The summed E-state index contributed by atoms with van der Waals surface area (Å²) in [5.74, 6) is 0.423. The van der Waals surface area contributed by atoms with Gasteiger partial charge in [0, 0.05) is 33.4 Å². The molecule has 3 N–H and O–H groups in total. The van der Waals surface area contributed by atoms with Crippen LogP contribution in [-0.2, 0) is 16.6 Å². The van der Waals surface area contributed by atoms with Crippen molar-refractivity contribution < 1.29 is 24.9 Å². The minimum Gasteiger partial charge on any atom is -0.392 e. The first-order valence-corrected chi connectivity index (χ1v) is 19.0. The number of nitrogens with zero attached hydrogens (tertiary/aromatic N) is 1. The largest absolute Gasteiger partial charge is 0.392 e. The molecule has 268 valence electrons. The van der Waals surface area contributed by atoms with Gasteiger partial charge < -0.3 is 24.6 Å². The summed E-state index contributed by atoms with van der Waals surface area (Å²) < 4.78 is 8.91. The van der Waals surface area contributed by atoms with Crippen molar-refractivity contribution in [1.29, 1.82) is 0 Å². The number of benzene rings is 1. The highest BCUT2D eigenvalue weighted by Crippen LogP contribution is 2.71. The number of ether oxygens (including phenoxy) is 1. The molecule has 0 spiro atoms. The summed E-state index contributed by atoms with van der Waals surface area (Å²) in [6, 6.07) is 1.81. The maximum absolute atomic E-state index is 14.9. The normalized spacial score (nSPS) is 40.0. The van der Waals surface area contributed by atoms with Crippen molar-refractivity contribution in [3.05, 3.63) is 76.0 Å². The lowest BCUT2D eigenvalue weighted by atomic mass is 9.40. The predicted molar refractivity (Wildman–Crippen MR) is 199 cm³/mol. The second kappa shape index (κ2) is 10.4. The van der Waals surface area contributed by atoms with Gasteiger partial charge in [-0.2, -0.15) is 0 Å². The van der Waals surface area contributed by atoms with Crippen molar-refractivity contribution >= 4 is 22.3 Å². The number of carbonyl (C=O) groups is 1. The monoisotopic (exact) mass is 679 g/mol. The summed E-state index contributed by atoms with van der Waals surface area (Å²) in [5.41, 5.74) is 6.95. The fourth-order valence-corrected chi connectivity index (χ4v) is 12.7. The number of fused-ring (bicyclic) bond motifs is 11. The Morgan fingerprint density at radius 1 is 1.08 bits per heavy atom. The van der Waals surface area contributed by atoms with Crippen LogP contribution < -0.4 is 0 Å². The average molecular weight is 680 g/mol. The van der Waals surface area contributed by atoms with Crippen LogP contribution in [0.4, 0.5) is 0 Å². The highest BCUT2D eigenvalue weighted by Gasteiger charge is 2.67. The van der Waals surface area contributed by atoms with E-state index in [1.165, 1.54) is 11.3 Å². The molecular weight excluding hydrogens is 622 g/mol. The van der Waals surface area contributed by atoms with Crippen LogP contribution in [0.2, 0.25) is 0 Å². The fraction of sp³-hybridized carbons (Fsp3) is 0.614. The van der Waals surface area contributed by atoms with Crippen molar-refractivity contribution in [1.82, 2.24) is 4.57 Å². The molecule has 4 aliphatic carbocycles. The molecule has 3 heterocycles. The van der Waals surface area contributed by atoms with Gasteiger partial charge in [0.25, 0.3) is 0 Å². The van der Waals surface area contributed by atoms with E-state index >= 15 is 0 Å². The Morgan fingerprint density at radius 2 is 1.78 bits per heavy atom. The zero-order valence-corrected chi connectivity index (χ0v) is 31.8. The third-order valence-electron chi connectivity index (χ3n) is 15.1. The Kier molecular flexibility index (Phi) is 7.16. The van der Waals surface area contributed by atoms with Crippen molar-refractivity contribution in [2.75, 3.05) is 0 Å². The van der Waals surface area contributed by atoms with Gasteiger partial charge in [0.05, 0.1) is 40.6 Å².